The molecule has 0 aromatic heterocycles. The van der Waals surface area contributed by atoms with Crippen molar-refractivity contribution in [3.63, 3.8) is 0 Å². The van der Waals surface area contributed by atoms with Crippen LogP contribution in [0.4, 0.5) is 65.9 Å². The zero-order chi connectivity index (χ0) is 33.7. The molecule has 0 heterocycles. The monoisotopic (exact) mass is 664 g/mol. The van der Waals surface area contributed by atoms with Gasteiger partial charge in [0.2, 0.25) is 0 Å². The average molecular weight is 664 g/mol. The smallest absolute Gasteiger partial charge is 0.207 e. The molecule has 0 unspecified atom stereocenters. The van der Waals surface area contributed by atoms with Crippen molar-refractivity contribution in [3.05, 3.63) is 129 Å². The summed E-state index contributed by atoms with van der Waals surface area (Å²) in [6, 6.07) is 2.92. The van der Waals surface area contributed by atoms with Crippen molar-refractivity contribution in [1.29, 1.82) is 0 Å². The van der Waals surface area contributed by atoms with Crippen LogP contribution in [0.3, 0.4) is 0 Å². The van der Waals surface area contributed by atoms with Gasteiger partial charge in [-0.25, -0.2) is 57.1 Å². The van der Waals surface area contributed by atoms with Crippen LogP contribution in [0.2, 0.25) is 0 Å². The summed E-state index contributed by atoms with van der Waals surface area (Å²) in [7, 11) is 0. The van der Waals surface area contributed by atoms with Crippen LogP contribution in [0.5, 0.6) is 0 Å². The van der Waals surface area contributed by atoms with Crippen molar-refractivity contribution in [2.45, 2.75) is 5.92 Å². The van der Waals surface area contributed by atoms with E-state index >= 15 is 30.7 Å². The van der Waals surface area contributed by atoms with Gasteiger partial charge in [-0.2, -0.15) is 8.78 Å². The lowest BCUT2D eigenvalue weighted by molar-refractivity contribution is 0.0430. The number of fused-ring (bicyclic) bond motifs is 3. The second kappa shape index (κ2) is 10.3. The molecule has 0 saturated heterocycles. The largest absolute Gasteiger partial charge is 0.303 e. The molecule has 236 valence electrons. The van der Waals surface area contributed by atoms with Crippen molar-refractivity contribution < 1.29 is 65.9 Å². The molecule has 0 N–H and O–H groups in total. The summed E-state index contributed by atoms with van der Waals surface area (Å²) in [6.45, 7) is 0. The first-order chi connectivity index (χ1) is 21.5. The lowest BCUT2D eigenvalue weighted by Crippen LogP contribution is -2.18. The van der Waals surface area contributed by atoms with Crippen LogP contribution in [0.15, 0.2) is 42.5 Å². The van der Waals surface area contributed by atoms with Crippen LogP contribution in [-0.2, 0) is 5.92 Å². The first-order valence-corrected chi connectivity index (χ1v) is 12.4. The maximum Gasteiger partial charge on any atom is 0.303 e. The van der Waals surface area contributed by atoms with Gasteiger partial charge < -0.3 is 0 Å². The average Bonchev–Trinajstić information content (AvgIpc) is 3.25. The van der Waals surface area contributed by atoms with Gasteiger partial charge in [-0.1, -0.05) is 18.2 Å². The molecule has 0 fully saturated rings. The van der Waals surface area contributed by atoms with Crippen LogP contribution >= 0.6 is 0 Å². The summed E-state index contributed by atoms with van der Waals surface area (Å²) in [5, 5.41) is 0. The SMILES string of the molecule is Fc1cc(F)c(F)c(-c2c(-c3ccc(F)c(F)c3F)cccc2-c2c(F)c(F)c(F)c3c2C(F)(F)c2c(F)c(F)c(F)c(F)c2-3)c1. The topological polar surface area (TPSA) is 0 Å². The van der Waals surface area contributed by atoms with Crippen molar-refractivity contribution in [1.82, 2.24) is 0 Å². The van der Waals surface area contributed by atoms with Crippen molar-refractivity contribution >= 4 is 0 Å². The predicted octanol–water partition coefficient (Wildman–Crippen LogP) is 10.6. The molecular weight excluding hydrogens is 657 g/mol. The second-order valence-corrected chi connectivity index (χ2v) is 9.85. The number of halogens is 15. The Labute approximate surface area is 246 Å². The van der Waals surface area contributed by atoms with Gasteiger partial charge in [0.05, 0.1) is 5.56 Å². The lowest BCUT2D eigenvalue weighted by atomic mass is 9.84. The Morgan fingerprint density at radius 1 is 0.348 bits per heavy atom. The Balaban J connectivity index is 1.85. The highest BCUT2D eigenvalue weighted by Crippen LogP contribution is 2.59. The molecule has 46 heavy (non-hydrogen) atoms. The van der Waals surface area contributed by atoms with E-state index in [-0.39, 0.29) is 12.1 Å². The van der Waals surface area contributed by atoms with E-state index in [1.165, 1.54) is 0 Å². The quantitative estimate of drug-likeness (QED) is 0.102. The van der Waals surface area contributed by atoms with Gasteiger partial charge in [-0.05, 0) is 29.3 Å². The standard InChI is InChI=1S/C31H7F15/c32-8-6-12(21(35)14(34)7-8)15-9(10-4-5-13(33)23(37)22(10)36)2-1-3-11(15)16-19-17(25(39)28(42)24(16)38)18-20(31(19,45)46)27(41)30(44)29(43)26(18)40/h1-7H. The molecule has 0 bridgehead atoms. The third kappa shape index (κ3) is 4.06. The molecule has 5 aromatic carbocycles. The maximum absolute atomic E-state index is 16.0. The Morgan fingerprint density at radius 3 is 1.54 bits per heavy atom. The minimum atomic E-state index is -5.24. The van der Waals surface area contributed by atoms with Crippen molar-refractivity contribution in [2.75, 3.05) is 0 Å². The highest BCUT2D eigenvalue weighted by atomic mass is 19.3. The number of hydrogen-bond donors (Lipinski definition) is 0. The van der Waals surface area contributed by atoms with E-state index < -0.39 is 137 Å². The third-order valence-corrected chi connectivity index (χ3v) is 7.39. The summed E-state index contributed by atoms with van der Waals surface area (Å²) in [5.74, 6) is -35.7. The first kappa shape index (κ1) is 31.0. The third-order valence-electron chi connectivity index (χ3n) is 7.39. The Kier molecular flexibility index (Phi) is 6.94. The van der Waals surface area contributed by atoms with Gasteiger partial charge in [-0.3, -0.25) is 0 Å². The molecule has 6 rings (SSSR count). The maximum atomic E-state index is 16.0. The van der Waals surface area contributed by atoms with E-state index in [1.54, 1.807) is 0 Å². The molecule has 0 atom stereocenters. The molecule has 0 amide bonds. The van der Waals surface area contributed by atoms with Crippen LogP contribution < -0.4 is 0 Å². The molecular formula is C31H7F15. The molecule has 0 spiro atoms. The summed E-state index contributed by atoms with van der Waals surface area (Å²) >= 11 is 0. The van der Waals surface area contributed by atoms with Crippen LogP contribution in [-0.4, -0.2) is 0 Å². The van der Waals surface area contributed by atoms with Gasteiger partial charge in [0.1, 0.15) is 5.82 Å². The molecule has 0 aliphatic heterocycles. The zero-order valence-electron chi connectivity index (χ0n) is 21.7. The minimum absolute atomic E-state index is 0.0193. The second-order valence-electron chi connectivity index (χ2n) is 9.85. The summed E-state index contributed by atoms with van der Waals surface area (Å²) < 4.78 is 223. The van der Waals surface area contributed by atoms with Crippen molar-refractivity contribution in [3.8, 4) is 44.5 Å². The van der Waals surface area contributed by atoms with Crippen molar-refractivity contribution in [2.24, 2.45) is 0 Å². The fourth-order valence-electron chi connectivity index (χ4n) is 5.50. The van der Waals surface area contributed by atoms with E-state index in [0.717, 1.165) is 12.1 Å². The van der Waals surface area contributed by atoms with Gasteiger partial charge in [0.15, 0.2) is 69.8 Å². The molecule has 5 aromatic rings. The molecule has 0 saturated carbocycles. The highest BCUT2D eigenvalue weighted by molar-refractivity contribution is 5.98. The Morgan fingerprint density at radius 2 is 0.891 bits per heavy atom. The summed E-state index contributed by atoms with van der Waals surface area (Å²) in [4.78, 5) is 0. The fourth-order valence-corrected chi connectivity index (χ4v) is 5.50. The fraction of sp³-hybridized carbons (Fsp3) is 0.0323. The number of hydrogen-bond acceptors (Lipinski definition) is 0. The van der Waals surface area contributed by atoms with Gasteiger partial charge in [-0.15, -0.1) is 0 Å². The molecule has 0 radical (unpaired) electrons. The molecule has 15 heteroatoms. The molecule has 0 nitrogen and oxygen atoms in total. The van der Waals surface area contributed by atoms with Gasteiger partial charge in [0, 0.05) is 45.0 Å². The van der Waals surface area contributed by atoms with E-state index in [4.69, 9.17) is 0 Å². The number of alkyl halides is 2. The van der Waals surface area contributed by atoms with Crippen LogP contribution in [0.25, 0.3) is 44.5 Å². The minimum Gasteiger partial charge on any atom is -0.207 e. The van der Waals surface area contributed by atoms with E-state index in [0.29, 0.717) is 18.2 Å². The molecule has 1 aliphatic carbocycles. The lowest BCUT2D eigenvalue weighted by Gasteiger charge is -2.22. The molecule has 1 aliphatic rings. The van der Waals surface area contributed by atoms with E-state index in [2.05, 4.69) is 0 Å². The highest BCUT2D eigenvalue weighted by Gasteiger charge is 2.55. The number of rotatable bonds is 3. The van der Waals surface area contributed by atoms with E-state index in [9.17, 15) is 35.1 Å². The van der Waals surface area contributed by atoms with E-state index in [1.807, 2.05) is 0 Å². The normalized spacial score (nSPS) is 13.3. The zero-order valence-corrected chi connectivity index (χ0v) is 21.7. The van der Waals surface area contributed by atoms with Gasteiger partial charge >= 0.3 is 5.92 Å². The Bertz CT molecular complexity index is 2170. The number of benzene rings is 5. The summed E-state index contributed by atoms with van der Waals surface area (Å²) in [6.07, 6.45) is 0. The van der Waals surface area contributed by atoms with Crippen LogP contribution in [0.1, 0.15) is 11.1 Å². The Hall–Kier alpha value is -4.95. The van der Waals surface area contributed by atoms with Crippen LogP contribution in [0, 0.1) is 75.6 Å². The summed E-state index contributed by atoms with van der Waals surface area (Å²) in [5.41, 5.74) is -16.4. The predicted molar refractivity (Wildman–Crippen MR) is 131 cm³/mol. The first-order valence-electron chi connectivity index (χ1n) is 12.4. The van der Waals surface area contributed by atoms with Gasteiger partial charge in [0.25, 0.3) is 0 Å².